The van der Waals surface area contributed by atoms with E-state index in [2.05, 4.69) is 42.1 Å². The third kappa shape index (κ3) is 4.93. The third-order valence-electron chi connectivity index (χ3n) is 4.50. The van der Waals surface area contributed by atoms with Gasteiger partial charge in [-0.2, -0.15) is 30.0 Å². The quantitative estimate of drug-likeness (QED) is 0.508. The first kappa shape index (κ1) is 21.2. The number of halogens is 3. The van der Waals surface area contributed by atoms with Crippen molar-refractivity contribution in [1.29, 1.82) is 0 Å². The number of nitrogens with zero attached hydrogens (tertiary/aromatic N) is 3. The van der Waals surface area contributed by atoms with E-state index in [1.54, 1.807) is 11.8 Å². The van der Waals surface area contributed by atoms with Crippen LogP contribution in [0.1, 0.15) is 36.7 Å². The van der Waals surface area contributed by atoms with E-state index in [1.165, 1.54) is 12.1 Å². The Balaban J connectivity index is 1.93. The Bertz CT molecular complexity index is 1020. The van der Waals surface area contributed by atoms with Crippen molar-refractivity contribution < 1.29 is 13.2 Å². The van der Waals surface area contributed by atoms with E-state index in [1.807, 2.05) is 23.0 Å². The van der Waals surface area contributed by atoms with Gasteiger partial charge in [0.05, 0.1) is 16.9 Å². The van der Waals surface area contributed by atoms with Gasteiger partial charge in [-0.05, 0) is 42.0 Å². The number of thioether (sulfide) groups is 1. The maximum atomic E-state index is 13.0. The van der Waals surface area contributed by atoms with Crippen molar-refractivity contribution in [3.8, 4) is 0 Å². The van der Waals surface area contributed by atoms with Gasteiger partial charge in [0.25, 0.3) is 0 Å². The third-order valence-corrected chi connectivity index (χ3v) is 5.09. The van der Waals surface area contributed by atoms with Gasteiger partial charge in [0.2, 0.25) is 0 Å². The molecule has 1 aromatic carbocycles. The average Bonchev–Trinajstić information content (AvgIpc) is 3.06. The second-order valence-corrected chi connectivity index (χ2v) is 8.03. The number of hydrogen-bond donors (Lipinski definition) is 1. The van der Waals surface area contributed by atoms with Gasteiger partial charge in [0.1, 0.15) is 5.69 Å². The molecular formula is C21H23F3N4S. The lowest BCUT2D eigenvalue weighted by Crippen LogP contribution is -2.10. The molecule has 0 saturated carbocycles. The first-order valence-corrected chi connectivity index (χ1v) is 10.6. The lowest BCUT2D eigenvalue weighted by atomic mass is 9.99. The Hall–Kier alpha value is -2.48. The summed E-state index contributed by atoms with van der Waals surface area (Å²) >= 11 is 1.75. The molecule has 0 aliphatic heterocycles. The summed E-state index contributed by atoms with van der Waals surface area (Å²) in [5.74, 6) is 1.16. The Morgan fingerprint density at radius 2 is 2.03 bits per heavy atom. The number of alkyl halides is 3. The second-order valence-electron chi connectivity index (χ2n) is 7.05. The number of nitrogens with one attached hydrogen (secondary N) is 1. The number of aromatic nitrogens is 3. The van der Waals surface area contributed by atoms with Crippen LogP contribution in [0.4, 0.5) is 18.9 Å². The lowest BCUT2D eigenvalue weighted by Gasteiger charge is -2.17. The van der Waals surface area contributed by atoms with Crippen LogP contribution in [0.15, 0.2) is 43.1 Å². The van der Waals surface area contributed by atoms with E-state index < -0.39 is 11.9 Å². The average molecular weight is 421 g/mol. The smallest absolute Gasteiger partial charge is 0.354 e. The molecule has 2 aromatic heterocycles. The van der Waals surface area contributed by atoms with Crippen molar-refractivity contribution in [2.45, 2.75) is 32.5 Å². The molecule has 0 atom stereocenters. The van der Waals surface area contributed by atoms with Crippen molar-refractivity contribution in [3.63, 3.8) is 0 Å². The molecule has 0 saturated heterocycles. The van der Waals surface area contributed by atoms with Crippen LogP contribution in [0, 0.1) is 0 Å². The lowest BCUT2D eigenvalue weighted by molar-refractivity contribution is -0.141. The molecule has 3 aromatic rings. The van der Waals surface area contributed by atoms with Gasteiger partial charge >= 0.3 is 6.18 Å². The summed E-state index contributed by atoms with van der Waals surface area (Å²) in [6, 6.07) is 7.78. The van der Waals surface area contributed by atoms with Crippen molar-refractivity contribution in [3.05, 3.63) is 60.1 Å². The number of anilines is 1. The Morgan fingerprint density at radius 3 is 2.69 bits per heavy atom. The molecule has 0 aliphatic rings. The van der Waals surface area contributed by atoms with Crippen LogP contribution in [0.25, 0.3) is 16.6 Å². The fraction of sp³-hybridized carbons (Fsp3) is 0.333. The summed E-state index contributed by atoms with van der Waals surface area (Å²) in [6.45, 7) is 8.84. The van der Waals surface area contributed by atoms with Crippen LogP contribution in [0.2, 0.25) is 0 Å². The molecule has 29 heavy (non-hydrogen) atoms. The van der Waals surface area contributed by atoms with Gasteiger partial charge in [-0.25, -0.2) is 4.98 Å². The SMILES string of the molecule is C=C(Nc1cc2cn(CCSC)nc2cc1C(C)C)c1cccc(C(F)(F)F)n1. The highest BCUT2D eigenvalue weighted by Gasteiger charge is 2.32. The molecule has 154 valence electrons. The highest BCUT2D eigenvalue weighted by atomic mass is 32.2. The maximum absolute atomic E-state index is 13.0. The number of hydrogen-bond acceptors (Lipinski definition) is 4. The topological polar surface area (TPSA) is 42.7 Å². The summed E-state index contributed by atoms with van der Waals surface area (Å²) in [6.07, 6.45) is -0.467. The van der Waals surface area contributed by atoms with Crippen molar-refractivity contribution >= 4 is 34.0 Å². The number of rotatable bonds is 7. The fourth-order valence-electron chi connectivity index (χ4n) is 3.01. The summed E-state index contributed by atoms with van der Waals surface area (Å²) in [4.78, 5) is 3.71. The van der Waals surface area contributed by atoms with Crippen LogP contribution >= 0.6 is 11.8 Å². The van der Waals surface area contributed by atoms with Crippen LogP contribution in [0.3, 0.4) is 0 Å². The summed E-state index contributed by atoms with van der Waals surface area (Å²) in [5.41, 5.74) is 2.23. The maximum Gasteiger partial charge on any atom is 0.433 e. The van der Waals surface area contributed by atoms with Gasteiger partial charge in [0, 0.05) is 29.6 Å². The van der Waals surface area contributed by atoms with Gasteiger partial charge < -0.3 is 5.32 Å². The van der Waals surface area contributed by atoms with E-state index in [9.17, 15) is 13.2 Å². The zero-order chi connectivity index (χ0) is 21.2. The Kier molecular flexibility index (Phi) is 6.21. The molecule has 2 heterocycles. The standard InChI is InChI=1S/C21H23F3N4S/c1-13(2)16-11-18-15(12-28(27-18)8-9-29-4)10-19(16)25-14(3)17-6-5-7-20(26-17)21(22,23)24/h5-7,10-13,25H,3,8-9H2,1-2,4H3. The van der Waals surface area contributed by atoms with Crippen LogP contribution in [-0.4, -0.2) is 26.8 Å². The molecule has 0 radical (unpaired) electrons. The van der Waals surface area contributed by atoms with Crippen molar-refractivity contribution in [2.24, 2.45) is 0 Å². The molecule has 0 amide bonds. The van der Waals surface area contributed by atoms with Crippen molar-refractivity contribution in [1.82, 2.24) is 14.8 Å². The number of pyridine rings is 1. The van der Waals surface area contributed by atoms with Gasteiger partial charge in [-0.15, -0.1) is 0 Å². The Morgan fingerprint density at radius 1 is 1.28 bits per heavy atom. The van der Waals surface area contributed by atoms with E-state index in [4.69, 9.17) is 0 Å². The van der Waals surface area contributed by atoms with Crippen LogP contribution in [-0.2, 0) is 12.7 Å². The van der Waals surface area contributed by atoms with Gasteiger partial charge in [-0.3, -0.25) is 4.68 Å². The molecule has 8 heteroatoms. The van der Waals surface area contributed by atoms with E-state index in [0.717, 1.165) is 40.5 Å². The predicted octanol–water partition coefficient (Wildman–Crippen LogP) is 6.02. The molecule has 1 N–H and O–H groups in total. The van der Waals surface area contributed by atoms with Crippen LogP contribution < -0.4 is 5.32 Å². The molecule has 0 aliphatic carbocycles. The zero-order valence-corrected chi connectivity index (χ0v) is 17.4. The zero-order valence-electron chi connectivity index (χ0n) is 16.5. The number of fused-ring (bicyclic) bond motifs is 1. The highest BCUT2D eigenvalue weighted by Crippen LogP contribution is 2.32. The largest absolute Gasteiger partial charge is 0.433 e. The summed E-state index contributed by atoms with van der Waals surface area (Å²) < 4.78 is 40.8. The summed E-state index contributed by atoms with van der Waals surface area (Å²) in [5, 5.41) is 8.75. The first-order valence-electron chi connectivity index (χ1n) is 9.19. The Labute approximate surface area is 172 Å². The molecule has 0 bridgehead atoms. The van der Waals surface area contributed by atoms with Crippen molar-refractivity contribution in [2.75, 3.05) is 17.3 Å². The molecule has 3 rings (SSSR count). The minimum absolute atomic E-state index is 0.158. The van der Waals surface area contributed by atoms with Gasteiger partial charge in [-0.1, -0.05) is 26.5 Å². The first-order chi connectivity index (χ1) is 13.7. The van der Waals surface area contributed by atoms with Crippen LogP contribution in [0.5, 0.6) is 0 Å². The molecule has 0 spiro atoms. The monoisotopic (exact) mass is 420 g/mol. The van der Waals surface area contributed by atoms with Gasteiger partial charge in [0.15, 0.2) is 0 Å². The van der Waals surface area contributed by atoms with E-state index in [-0.39, 0.29) is 11.6 Å². The normalized spacial score (nSPS) is 12.0. The molecular weight excluding hydrogens is 397 g/mol. The number of benzene rings is 1. The number of aryl methyl sites for hydroxylation is 1. The second kappa shape index (κ2) is 8.49. The van der Waals surface area contributed by atoms with E-state index >= 15 is 0 Å². The minimum Gasteiger partial charge on any atom is -0.354 e. The predicted molar refractivity (Wildman–Crippen MR) is 114 cm³/mol. The minimum atomic E-state index is -4.50. The molecule has 0 fully saturated rings. The molecule has 0 unspecified atom stereocenters. The molecule has 4 nitrogen and oxygen atoms in total. The van der Waals surface area contributed by atoms with E-state index in [0.29, 0.717) is 5.70 Å². The fourth-order valence-corrected chi connectivity index (χ4v) is 3.38. The highest BCUT2D eigenvalue weighted by molar-refractivity contribution is 7.98. The summed E-state index contributed by atoms with van der Waals surface area (Å²) in [7, 11) is 0.